The topological polar surface area (TPSA) is 58.6 Å². The van der Waals surface area contributed by atoms with Gasteiger partial charge in [-0.2, -0.15) is 0 Å². The van der Waals surface area contributed by atoms with Crippen LogP contribution in [0.2, 0.25) is 0 Å². The fourth-order valence-corrected chi connectivity index (χ4v) is 1.90. The molecule has 0 radical (unpaired) electrons. The molecular formula is C14H21NO3. The van der Waals surface area contributed by atoms with Crippen molar-refractivity contribution >= 4 is 11.7 Å². The van der Waals surface area contributed by atoms with E-state index < -0.39 is 5.97 Å². The Morgan fingerprint density at radius 1 is 1.44 bits per heavy atom. The summed E-state index contributed by atoms with van der Waals surface area (Å²) in [4.78, 5) is 10.7. The number of hydrogen-bond acceptors (Lipinski definition) is 3. The number of carbonyl (C=O) groups is 1. The van der Waals surface area contributed by atoms with Crippen molar-refractivity contribution in [1.82, 2.24) is 0 Å². The molecule has 0 fully saturated rings. The van der Waals surface area contributed by atoms with Gasteiger partial charge < -0.3 is 15.2 Å². The number of benzene rings is 1. The summed E-state index contributed by atoms with van der Waals surface area (Å²) in [5, 5.41) is 12.1. The normalized spacial score (nSPS) is 12.0. The number of carboxylic acid groups (broad SMARTS) is 1. The third-order valence-electron chi connectivity index (χ3n) is 2.94. The molecule has 1 aromatic rings. The van der Waals surface area contributed by atoms with Crippen LogP contribution in [0.3, 0.4) is 0 Å². The van der Waals surface area contributed by atoms with Gasteiger partial charge in [0, 0.05) is 6.54 Å². The molecule has 100 valence electrons. The second kappa shape index (κ2) is 6.28. The van der Waals surface area contributed by atoms with Crippen LogP contribution in [0.5, 0.6) is 5.75 Å². The Hall–Kier alpha value is -1.71. The molecule has 0 aliphatic carbocycles. The highest BCUT2D eigenvalue weighted by Gasteiger charge is 2.11. The number of aryl methyl sites for hydroxylation is 2. The van der Waals surface area contributed by atoms with Crippen LogP contribution in [0.1, 0.15) is 24.5 Å². The molecule has 0 bridgehead atoms. The van der Waals surface area contributed by atoms with E-state index in [2.05, 4.69) is 11.4 Å². The van der Waals surface area contributed by atoms with Crippen molar-refractivity contribution in [1.29, 1.82) is 0 Å². The van der Waals surface area contributed by atoms with E-state index in [9.17, 15) is 4.79 Å². The lowest BCUT2D eigenvalue weighted by molar-refractivity contribution is -0.141. The van der Waals surface area contributed by atoms with Crippen LogP contribution in [-0.2, 0) is 4.79 Å². The first-order chi connectivity index (χ1) is 8.45. The van der Waals surface area contributed by atoms with E-state index in [4.69, 9.17) is 9.84 Å². The summed E-state index contributed by atoms with van der Waals surface area (Å²) in [6.07, 6.45) is 0.589. The number of methoxy groups -OCH3 is 1. The van der Waals surface area contributed by atoms with Crippen molar-refractivity contribution in [2.45, 2.75) is 27.2 Å². The van der Waals surface area contributed by atoms with Crippen molar-refractivity contribution in [3.8, 4) is 5.75 Å². The van der Waals surface area contributed by atoms with Gasteiger partial charge in [-0.1, -0.05) is 13.0 Å². The molecule has 0 saturated carbocycles. The van der Waals surface area contributed by atoms with Crippen LogP contribution >= 0.6 is 0 Å². The van der Waals surface area contributed by atoms with Crippen LogP contribution in [0.25, 0.3) is 0 Å². The predicted molar refractivity (Wildman–Crippen MR) is 72.4 cm³/mol. The summed E-state index contributed by atoms with van der Waals surface area (Å²) in [6.45, 7) is 6.35. The second-order valence-electron chi connectivity index (χ2n) is 4.62. The molecule has 4 nitrogen and oxygen atoms in total. The lowest BCUT2D eigenvalue weighted by Gasteiger charge is -2.15. The minimum absolute atomic E-state index is 0.339. The minimum atomic E-state index is -0.760. The Balaban J connectivity index is 2.69. The van der Waals surface area contributed by atoms with E-state index in [0.29, 0.717) is 13.0 Å². The van der Waals surface area contributed by atoms with Crippen LogP contribution in [-0.4, -0.2) is 24.7 Å². The number of carboxylic acids is 1. The van der Waals surface area contributed by atoms with E-state index in [0.717, 1.165) is 22.6 Å². The molecule has 1 unspecified atom stereocenters. The van der Waals surface area contributed by atoms with Crippen molar-refractivity contribution < 1.29 is 14.6 Å². The van der Waals surface area contributed by atoms with Crippen molar-refractivity contribution in [2.75, 3.05) is 19.0 Å². The number of hydrogen-bond donors (Lipinski definition) is 2. The number of nitrogens with one attached hydrogen (secondary N) is 1. The summed E-state index contributed by atoms with van der Waals surface area (Å²) < 4.78 is 5.36. The molecule has 1 atom stereocenters. The van der Waals surface area contributed by atoms with Gasteiger partial charge in [0.15, 0.2) is 0 Å². The molecule has 0 aliphatic heterocycles. The Morgan fingerprint density at radius 3 is 2.67 bits per heavy atom. The van der Waals surface area contributed by atoms with Gasteiger partial charge in [0.2, 0.25) is 0 Å². The van der Waals surface area contributed by atoms with Crippen LogP contribution in [0.15, 0.2) is 12.1 Å². The van der Waals surface area contributed by atoms with Crippen molar-refractivity contribution in [2.24, 2.45) is 5.92 Å². The Labute approximate surface area is 108 Å². The SMILES string of the molecule is COc1c(C)cc(C)cc1NCCC(C)C(=O)O. The minimum Gasteiger partial charge on any atom is -0.494 e. The van der Waals surface area contributed by atoms with E-state index in [1.54, 1.807) is 14.0 Å². The number of rotatable bonds is 6. The molecule has 0 saturated heterocycles. The molecule has 18 heavy (non-hydrogen) atoms. The van der Waals surface area contributed by atoms with Gasteiger partial charge in [0.1, 0.15) is 5.75 Å². The average molecular weight is 251 g/mol. The first-order valence-corrected chi connectivity index (χ1v) is 6.07. The van der Waals surface area contributed by atoms with E-state index in [-0.39, 0.29) is 5.92 Å². The maximum atomic E-state index is 10.7. The fourth-order valence-electron chi connectivity index (χ4n) is 1.90. The first-order valence-electron chi connectivity index (χ1n) is 6.07. The Bertz CT molecular complexity index is 429. The highest BCUT2D eigenvalue weighted by atomic mass is 16.5. The fraction of sp³-hybridized carbons (Fsp3) is 0.500. The van der Waals surface area contributed by atoms with Gasteiger partial charge in [-0.3, -0.25) is 4.79 Å². The van der Waals surface area contributed by atoms with Gasteiger partial charge in [-0.25, -0.2) is 0 Å². The molecule has 0 spiro atoms. The monoisotopic (exact) mass is 251 g/mol. The molecule has 1 aromatic carbocycles. The molecule has 0 aromatic heterocycles. The van der Waals surface area contributed by atoms with Crippen LogP contribution < -0.4 is 10.1 Å². The summed E-state index contributed by atoms with van der Waals surface area (Å²) in [7, 11) is 1.64. The standard InChI is InChI=1S/C14H21NO3/c1-9-7-11(3)13(18-4)12(8-9)15-6-5-10(2)14(16)17/h7-8,10,15H,5-6H2,1-4H3,(H,16,17). The maximum Gasteiger partial charge on any atom is 0.306 e. The third-order valence-corrected chi connectivity index (χ3v) is 2.94. The summed E-state index contributed by atoms with van der Waals surface area (Å²) >= 11 is 0. The molecule has 0 aliphatic rings. The van der Waals surface area contributed by atoms with Crippen molar-refractivity contribution in [3.63, 3.8) is 0 Å². The zero-order valence-electron chi connectivity index (χ0n) is 11.4. The molecule has 2 N–H and O–H groups in total. The van der Waals surface area contributed by atoms with Gasteiger partial charge in [0.25, 0.3) is 0 Å². The van der Waals surface area contributed by atoms with E-state index >= 15 is 0 Å². The first kappa shape index (κ1) is 14.4. The second-order valence-corrected chi connectivity index (χ2v) is 4.62. The predicted octanol–water partition coefficient (Wildman–Crippen LogP) is 2.83. The molecule has 0 amide bonds. The smallest absolute Gasteiger partial charge is 0.306 e. The van der Waals surface area contributed by atoms with Crippen LogP contribution in [0, 0.1) is 19.8 Å². The summed E-state index contributed by atoms with van der Waals surface area (Å²) in [6, 6.07) is 4.07. The zero-order chi connectivity index (χ0) is 13.7. The van der Waals surface area contributed by atoms with Gasteiger partial charge in [-0.05, 0) is 37.5 Å². The van der Waals surface area contributed by atoms with Gasteiger partial charge >= 0.3 is 5.97 Å². The van der Waals surface area contributed by atoms with Gasteiger partial charge in [0.05, 0.1) is 18.7 Å². The Morgan fingerprint density at radius 2 is 2.11 bits per heavy atom. The summed E-state index contributed by atoms with van der Waals surface area (Å²) in [5.41, 5.74) is 3.15. The van der Waals surface area contributed by atoms with E-state index in [1.807, 2.05) is 19.9 Å². The largest absolute Gasteiger partial charge is 0.494 e. The lowest BCUT2D eigenvalue weighted by atomic mass is 10.1. The van der Waals surface area contributed by atoms with Crippen molar-refractivity contribution in [3.05, 3.63) is 23.3 Å². The molecule has 1 rings (SSSR count). The highest BCUT2D eigenvalue weighted by Crippen LogP contribution is 2.29. The lowest BCUT2D eigenvalue weighted by Crippen LogP contribution is -2.14. The van der Waals surface area contributed by atoms with Crippen LogP contribution in [0.4, 0.5) is 5.69 Å². The average Bonchev–Trinajstić information content (AvgIpc) is 2.28. The quantitative estimate of drug-likeness (QED) is 0.816. The van der Waals surface area contributed by atoms with E-state index in [1.165, 1.54) is 0 Å². The number of ether oxygens (including phenoxy) is 1. The summed E-state index contributed by atoms with van der Waals surface area (Å²) in [5.74, 6) is -0.276. The number of anilines is 1. The van der Waals surface area contributed by atoms with Gasteiger partial charge in [-0.15, -0.1) is 0 Å². The molecule has 4 heteroatoms. The molecular weight excluding hydrogens is 230 g/mol. The third kappa shape index (κ3) is 3.65. The number of aliphatic carboxylic acids is 1. The Kier molecular flexibility index (Phi) is 5.01. The molecule has 0 heterocycles. The zero-order valence-corrected chi connectivity index (χ0v) is 11.4. The maximum absolute atomic E-state index is 10.7. The highest BCUT2D eigenvalue weighted by molar-refractivity contribution is 5.69.